The van der Waals surface area contributed by atoms with E-state index in [0.717, 1.165) is 48.4 Å². The molecule has 172 valence electrons. The number of ether oxygens (including phenoxy) is 3. The lowest BCUT2D eigenvalue weighted by Crippen LogP contribution is -2.24. The van der Waals surface area contributed by atoms with Gasteiger partial charge in [0.1, 0.15) is 11.4 Å². The van der Waals surface area contributed by atoms with Crippen LogP contribution in [0.3, 0.4) is 0 Å². The van der Waals surface area contributed by atoms with Crippen LogP contribution in [-0.2, 0) is 9.47 Å². The SMILES string of the molecule is CC(C)(C)OC(=O)c1ccc(-c2ccccc2)cc1Nc1ccc(OC2CCCCO2)cc1. The molecular weight excluding hydrogens is 414 g/mol. The van der Waals surface area contributed by atoms with Crippen molar-refractivity contribution in [3.05, 3.63) is 78.4 Å². The molecule has 3 aromatic carbocycles. The van der Waals surface area contributed by atoms with Gasteiger partial charge in [-0.05, 0) is 81.1 Å². The van der Waals surface area contributed by atoms with Crippen molar-refractivity contribution in [1.82, 2.24) is 0 Å². The van der Waals surface area contributed by atoms with Crippen LogP contribution in [0.5, 0.6) is 5.75 Å². The molecule has 0 radical (unpaired) electrons. The summed E-state index contributed by atoms with van der Waals surface area (Å²) in [5, 5.41) is 3.39. The second-order valence-electron chi connectivity index (χ2n) is 9.19. The predicted molar refractivity (Wildman–Crippen MR) is 131 cm³/mol. The van der Waals surface area contributed by atoms with Crippen molar-refractivity contribution in [3.63, 3.8) is 0 Å². The number of hydrogen-bond donors (Lipinski definition) is 1. The van der Waals surface area contributed by atoms with Crippen molar-refractivity contribution in [2.75, 3.05) is 11.9 Å². The van der Waals surface area contributed by atoms with E-state index in [0.29, 0.717) is 11.3 Å². The largest absolute Gasteiger partial charge is 0.465 e. The topological polar surface area (TPSA) is 56.8 Å². The lowest BCUT2D eigenvalue weighted by Gasteiger charge is -2.23. The van der Waals surface area contributed by atoms with E-state index in [1.54, 1.807) is 0 Å². The minimum absolute atomic E-state index is 0.182. The Bertz CT molecular complexity index is 1070. The third-order valence-electron chi connectivity index (χ3n) is 5.28. The maximum absolute atomic E-state index is 12.9. The summed E-state index contributed by atoms with van der Waals surface area (Å²) < 4.78 is 17.2. The number of anilines is 2. The number of esters is 1. The average Bonchev–Trinajstić information content (AvgIpc) is 2.80. The third kappa shape index (κ3) is 6.36. The average molecular weight is 446 g/mol. The van der Waals surface area contributed by atoms with E-state index in [2.05, 4.69) is 5.32 Å². The highest BCUT2D eigenvalue weighted by atomic mass is 16.7. The van der Waals surface area contributed by atoms with Crippen molar-refractivity contribution in [3.8, 4) is 16.9 Å². The van der Waals surface area contributed by atoms with Crippen LogP contribution >= 0.6 is 0 Å². The zero-order chi connectivity index (χ0) is 23.3. The standard InChI is InChI=1S/C28H31NO4/c1-28(2,3)33-27(30)24-17-12-21(20-9-5-4-6-10-20)19-25(24)29-22-13-15-23(16-14-22)32-26-11-7-8-18-31-26/h4-6,9-10,12-17,19,26,29H,7-8,11,18H2,1-3H3. The molecule has 0 spiro atoms. The van der Waals surface area contributed by atoms with E-state index in [1.807, 2.05) is 93.6 Å². The van der Waals surface area contributed by atoms with Crippen LogP contribution in [0.15, 0.2) is 72.8 Å². The fourth-order valence-corrected chi connectivity index (χ4v) is 3.70. The van der Waals surface area contributed by atoms with Crippen LogP contribution < -0.4 is 10.1 Å². The number of rotatable bonds is 6. The number of benzene rings is 3. The molecule has 0 aromatic heterocycles. The van der Waals surface area contributed by atoms with E-state index in [-0.39, 0.29) is 12.3 Å². The van der Waals surface area contributed by atoms with Crippen molar-refractivity contribution >= 4 is 17.3 Å². The zero-order valence-electron chi connectivity index (χ0n) is 19.5. The molecule has 0 bridgehead atoms. The Balaban J connectivity index is 1.57. The van der Waals surface area contributed by atoms with Gasteiger partial charge in [-0.15, -0.1) is 0 Å². The Labute approximate surface area is 195 Å². The third-order valence-corrected chi connectivity index (χ3v) is 5.28. The van der Waals surface area contributed by atoms with Gasteiger partial charge in [-0.2, -0.15) is 0 Å². The van der Waals surface area contributed by atoms with Crippen molar-refractivity contribution in [2.24, 2.45) is 0 Å². The van der Waals surface area contributed by atoms with Crippen molar-refractivity contribution < 1.29 is 19.0 Å². The van der Waals surface area contributed by atoms with Crippen LogP contribution in [-0.4, -0.2) is 24.5 Å². The lowest BCUT2D eigenvalue weighted by molar-refractivity contribution is -0.105. The fraction of sp³-hybridized carbons (Fsp3) is 0.321. The Hall–Kier alpha value is -3.31. The molecule has 0 saturated carbocycles. The normalized spacial score (nSPS) is 16.2. The van der Waals surface area contributed by atoms with Crippen LogP contribution in [0.1, 0.15) is 50.4 Å². The zero-order valence-corrected chi connectivity index (χ0v) is 19.5. The maximum Gasteiger partial charge on any atom is 0.340 e. The molecule has 1 heterocycles. The van der Waals surface area contributed by atoms with Crippen LogP contribution in [0, 0.1) is 0 Å². The first-order chi connectivity index (χ1) is 15.9. The molecule has 1 fully saturated rings. The van der Waals surface area contributed by atoms with Gasteiger partial charge in [0.15, 0.2) is 6.29 Å². The number of carbonyl (C=O) groups excluding carboxylic acids is 1. The highest BCUT2D eigenvalue weighted by Gasteiger charge is 2.21. The van der Waals surface area contributed by atoms with Gasteiger partial charge in [0.25, 0.3) is 0 Å². The number of nitrogens with one attached hydrogen (secondary N) is 1. The van der Waals surface area contributed by atoms with E-state index in [1.165, 1.54) is 0 Å². The second-order valence-corrected chi connectivity index (χ2v) is 9.19. The van der Waals surface area contributed by atoms with Crippen LogP contribution in [0.4, 0.5) is 11.4 Å². The smallest absolute Gasteiger partial charge is 0.340 e. The molecule has 1 N–H and O–H groups in total. The summed E-state index contributed by atoms with van der Waals surface area (Å²) in [7, 11) is 0. The fourth-order valence-electron chi connectivity index (χ4n) is 3.70. The summed E-state index contributed by atoms with van der Waals surface area (Å²) in [4.78, 5) is 12.9. The molecular formula is C28H31NO4. The summed E-state index contributed by atoms with van der Waals surface area (Å²) in [6.45, 7) is 6.34. The molecule has 0 amide bonds. The highest BCUT2D eigenvalue weighted by Crippen LogP contribution is 2.30. The Morgan fingerprint density at radius 1 is 0.939 bits per heavy atom. The summed E-state index contributed by atoms with van der Waals surface area (Å²) in [6.07, 6.45) is 2.94. The summed E-state index contributed by atoms with van der Waals surface area (Å²) in [5.74, 6) is 0.400. The molecule has 0 aliphatic carbocycles. The molecule has 4 rings (SSSR count). The van der Waals surface area contributed by atoms with Gasteiger partial charge in [0, 0.05) is 12.1 Å². The maximum atomic E-state index is 12.9. The second kappa shape index (κ2) is 10.1. The van der Waals surface area contributed by atoms with Gasteiger partial charge in [-0.1, -0.05) is 36.4 Å². The highest BCUT2D eigenvalue weighted by molar-refractivity contribution is 5.98. The van der Waals surface area contributed by atoms with Crippen molar-refractivity contribution in [1.29, 1.82) is 0 Å². The van der Waals surface area contributed by atoms with E-state index < -0.39 is 5.60 Å². The summed E-state index contributed by atoms with van der Waals surface area (Å²) in [5.41, 5.74) is 3.54. The first kappa shape index (κ1) is 22.9. The monoisotopic (exact) mass is 445 g/mol. The Morgan fingerprint density at radius 3 is 2.36 bits per heavy atom. The minimum Gasteiger partial charge on any atom is -0.465 e. The van der Waals surface area contributed by atoms with Gasteiger partial charge in [0.05, 0.1) is 17.9 Å². The first-order valence-corrected chi connectivity index (χ1v) is 11.5. The van der Waals surface area contributed by atoms with Crippen molar-refractivity contribution in [2.45, 2.75) is 51.9 Å². The first-order valence-electron chi connectivity index (χ1n) is 11.5. The van der Waals surface area contributed by atoms with E-state index in [9.17, 15) is 4.79 Å². The molecule has 5 heteroatoms. The summed E-state index contributed by atoms with van der Waals surface area (Å²) >= 11 is 0. The predicted octanol–water partition coefficient (Wildman–Crippen LogP) is 6.96. The van der Waals surface area contributed by atoms with E-state index >= 15 is 0 Å². The molecule has 3 aromatic rings. The molecule has 1 unspecified atom stereocenters. The Kier molecular flexibility index (Phi) is 6.99. The lowest BCUT2D eigenvalue weighted by atomic mass is 10.0. The Morgan fingerprint density at radius 2 is 1.70 bits per heavy atom. The van der Waals surface area contributed by atoms with Gasteiger partial charge < -0.3 is 19.5 Å². The van der Waals surface area contributed by atoms with Gasteiger partial charge in [0.2, 0.25) is 0 Å². The molecule has 1 atom stereocenters. The molecule has 1 aliphatic rings. The van der Waals surface area contributed by atoms with Gasteiger partial charge in [-0.3, -0.25) is 0 Å². The molecule has 33 heavy (non-hydrogen) atoms. The summed E-state index contributed by atoms with van der Waals surface area (Å²) in [6, 6.07) is 23.5. The van der Waals surface area contributed by atoms with Crippen LogP contribution in [0.25, 0.3) is 11.1 Å². The van der Waals surface area contributed by atoms with Crippen LogP contribution in [0.2, 0.25) is 0 Å². The quantitative estimate of drug-likeness (QED) is 0.416. The molecule has 5 nitrogen and oxygen atoms in total. The molecule has 1 aliphatic heterocycles. The number of hydrogen-bond acceptors (Lipinski definition) is 5. The number of carbonyl (C=O) groups is 1. The van der Waals surface area contributed by atoms with E-state index in [4.69, 9.17) is 14.2 Å². The minimum atomic E-state index is -0.577. The van der Waals surface area contributed by atoms with Gasteiger partial charge >= 0.3 is 5.97 Å². The van der Waals surface area contributed by atoms with Gasteiger partial charge in [-0.25, -0.2) is 4.79 Å². The molecule has 1 saturated heterocycles.